The van der Waals surface area contributed by atoms with E-state index in [0.29, 0.717) is 0 Å². The molecule has 0 heterocycles. The zero-order chi connectivity index (χ0) is 9.12. The summed E-state index contributed by atoms with van der Waals surface area (Å²) in [5.74, 6) is 0. The molecule has 0 unspecified atom stereocenters. The van der Waals surface area contributed by atoms with Gasteiger partial charge in [0.25, 0.3) is 0 Å². The zero-order valence-electron chi connectivity index (χ0n) is 4.83. The molecule has 0 radical (unpaired) electrons. The summed E-state index contributed by atoms with van der Waals surface area (Å²) in [6, 6.07) is 0. The molecule has 0 aliphatic rings. The zero-order valence-corrected chi connectivity index (χ0v) is 6.42. The Balaban J connectivity index is 4.22. The van der Waals surface area contributed by atoms with Crippen molar-refractivity contribution in [3.63, 3.8) is 0 Å². The van der Waals surface area contributed by atoms with Crippen molar-refractivity contribution in [2.75, 3.05) is 0 Å². The van der Waals surface area contributed by atoms with E-state index in [1.54, 1.807) is 0 Å². The van der Waals surface area contributed by atoms with Crippen LogP contribution >= 0.6 is 15.9 Å². The Morgan fingerprint density at radius 3 is 1.91 bits per heavy atom. The molecule has 0 saturated heterocycles. The molecule has 0 rings (SSSR count). The number of rotatable bonds is 3. The minimum atomic E-state index is -4.75. The highest BCUT2D eigenvalue weighted by Gasteiger charge is 2.57. The average molecular weight is 241 g/mol. The maximum absolute atomic E-state index is 11.9. The van der Waals surface area contributed by atoms with Crippen molar-refractivity contribution < 1.29 is 26.7 Å². The largest absolute Gasteiger partial charge is 0.475 e. The molecular formula is C4H2BrF5O. The van der Waals surface area contributed by atoms with Crippen LogP contribution in [0.25, 0.3) is 0 Å². The summed E-state index contributed by atoms with van der Waals surface area (Å²) in [6.07, 6.45) is -5.35. The lowest BCUT2D eigenvalue weighted by Gasteiger charge is -2.19. The summed E-state index contributed by atoms with van der Waals surface area (Å²) in [4.78, 5) is -4.51. The van der Waals surface area contributed by atoms with Gasteiger partial charge in [-0.25, -0.2) is 4.39 Å². The van der Waals surface area contributed by atoms with Crippen molar-refractivity contribution in [3.05, 3.63) is 12.6 Å². The minimum Gasteiger partial charge on any atom is -0.433 e. The average Bonchev–Trinajstić information content (AvgIpc) is 1.81. The maximum Gasteiger partial charge on any atom is 0.475 e. The minimum absolute atomic E-state index is 0.171. The maximum atomic E-state index is 11.9. The van der Waals surface area contributed by atoms with Gasteiger partial charge in [-0.1, -0.05) is 0 Å². The van der Waals surface area contributed by atoms with Gasteiger partial charge in [-0.3, -0.25) is 0 Å². The van der Waals surface area contributed by atoms with E-state index in [2.05, 4.69) is 4.74 Å². The molecule has 0 saturated carbocycles. The highest BCUT2D eigenvalue weighted by Crippen LogP contribution is 2.40. The van der Waals surface area contributed by atoms with Crippen molar-refractivity contribution in [2.45, 2.75) is 10.9 Å². The summed E-state index contributed by atoms with van der Waals surface area (Å²) in [6.45, 7) is 0. The molecule has 0 fully saturated rings. The monoisotopic (exact) mass is 240 g/mol. The Labute approximate surface area is 67.0 Å². The van der Waals surface area contributed by atoms with Crippen molar-refractivity contribution in [1.82, 2.24) is 0 Å². The number of ether oxygens (including phenoxy) is 1. The lowest BCUT2D eigenvalue weighted by molar-refractivity contribution is -0.287. The van der Waals surface area contributed by atoms with Gasteiger partial charge in [-0.05, 0) is 0 Å². The summed E-state index contributed by atoms with van der Waals surface area (Å²) < 4.78 is 61.2. The smallest absolute Gasteiger partial charge is 0.433 e. The molecule has 0 N–H and O–H groups in total. The Morgan fingerprint density at radius 2 is 1.64 bits per heavy atom. The second kappa shape index (κ2) is 3.38. The fraction of sp³-hybridized carbons (Fsp3) is 0.500. The molecule has 0 amide bonds. The van der Waals surface area contributed by atoms with Crippen LogP contribution in [0.5, 0.6) is 0 Å². The first-order chi connectivity index (χ1) is 4.81. The van der Waals surface area contributed by atoms with Crippen molar-refractivity contribution >= 4 is 15.9 Å². The van der Waals surface area contributed by atoms with Gasteiger partial charge >= 0.3 is 10.9 Å². The van der Waals surface area contributed by atoms with Gasteiger partial charge in [-0.15, -0.1) is 0 Å². The van der Waals surface area contributed by atoms with Gasteiger partial charge in [0.1, 0.15) is 12.6 Å². The van der Waals surface area contributed by atoms with Crippen LogP contribution in [0, 0.1) is 0 Å². The number of alkyl halides is 5. The van der Waals surface area contributed by atoms with E-state index < -0.39 is 17.3 Å². The Bertz CT molecular complexity index is 151. The van der Waals surface area contributed by atoms with E-state index in [-0.39, 0.29) is 6.26 Å². The summed E-state index contributed by atoms with van der Waals surface area (Å²) in [5.41, 5.74) is 0. The molecule has 0 bridgehead atoms. The first-order valence-corrected chi connectivity index (χ1v) is 2.98. The molecule has 66 valence electrons. The topological polar surface area (TPSA) is 9.23 Å². The summed E-state index contributed by atoms with van der Waals surface area (Å²) in [5, 5.41) is 0. The van der Waals surface area contributed by atoms with Crippen molar-refractivity contribution in [3.8, 4) is 0 Å². The first-order valence-electron chi connectivity index (χ1n) is 2.19. The number of hydrogen-bond acceptors (Lipinski definition) is 1. The van der Waals surface area contributed by atoms with E-state index in [1.165, 1.54) is 15.9 Å². The Hall–Kier alpha value is -0.330. The summed E-state index contributed by atoms with van der Waals surface area (Å²) >= 11 is 1.37. The van der Waals surface area contributed by atoms with E-state index >= 15 is 0 Å². The molecule has 1 nitrogen and oxygen atoms in total. The molecule has 7 heteroatoms. The van der Waals surface area contributed by atoms with Crippen LogP contribution in [0.15, 0.2) is 12.6 Å². The van der Waals surface area contributed by atoms with Gasteiger partial charge in [0.2, 0.25) is 0 Å². The Morgan fingerprint density at radius 1 is 1.18 bits per heavy atom. The van der Waals surface area contributed by atoms with Gasteiger partial charge in [0.15, 0.2) is 0 Å². The SMILES string of the molecule is FC=COC(F)(F)C(F)(F)Br. The second-order valence-electron chi connectivity index (χ2n) is 1.39. The fourth-order valence-corrected chi connectivity index (χ4v) is 0.271. The molecular weight excluding hydrogens is 239 g/mol. The third-order valence-corrected chi connectivity index (χ3v) is 1.06. The molecule has 0 atom stereocenters. The second-order valence-corrected chi connectivity index (χ2v) is 2.39. The Kier molecular flexibility index (Phi) is 3.28. The molecule has 0 aliphatic heterocycles. The van der Waals surface area contributed by atoms with Crippen LogP contribution in [0.3, 0.4) is 0 Å². The quantitative estimate of drug-likeness (QED) is 0.419. The van der Waals surface area contributed by atoms with Crippen LogP contribution < -0.4 is 0 Å². The predicted molar refractivity (Wildman–Crippen MR) is 30.2 cm³/mol. The standard InChI is InChI=1S/C4H2BrF5O/c5-3(7,8)4(9,10)11-2-1-6/h1-2H. The number of hydrogen-bond donors (Lipinski definition) is 0. The van der Waals surface area contributed by atoms with Crippen LogP contribution in [-0.2, 0) is 4.74 Å². The van der Waals surface area contributed by atoms with Crippen LogP contribution in [0.1, 0.15) is 0 Å². The van der Waals surface area contributed by atoms with E-state index in [9.17, 15) is 22.0 Å². The van der Waals surface area contributed by atoms with E-state index in [4.69, 9.17) is 0 Å². The van der Waals surface area contributed by atoms with Gasteiger partial charge in [0, 0.05) is 15.9 Å². The molecule has 0 aromatic heterocycles. The van der Waals surface area contributed by atoms with Gasteiger partial charge in [0.05, 0.1) is 0 Å². The molecule has 0 aromatic carbocycles. The third-order valence-electron chi connectivity index (χ3n) is 0.598. The van der Waals surface area contributed by atoms with Gasteiger partial charge in [-0.2, -0.15) is 17.6 Å². The molecule has 11 heavy (non-hydrogen) atoms. The highest BCUT2D eigenvalue weighted by molar-refractivity contribution is 9.10. The highest BCUT2D eigenvalue weighted by atomic mass is 79.9. The number of halogens is 6. The normalized spacial score (nSPS) is 14.0. The fourth-order valence-electron chi connectivity index (χ4n) is 0.178. The lowest BCUT2D eigenvalue weighted by atomic mass is 10.6. The summed E-state index contributed by atoms with van der Waals surface area (Å²) in [7, 11) is 0. The predicted octanol–water partition coefficient (Wildman–Crippen LogP) is 3.02. The van der Waals surface area contributed by atoms with Crippen LogP contribution in [0.2, 0.25) is 0 Å². The van der Waals surface area contributed by atoms with E-state index in [0.717, 1.165) is 0 Å². The van der Waals surface area contributed by atoms with Crippen molar-refractivity contribution in [2.24, 2.45) is 0 Å². The third kappa shape index (κ3) is 3.04. The van der Waals surface area contributed by atoms with E-state index in [1.807, 2.05) is 0 Å². The molecule has 0 aliphatic carbocycles. The lowest BCUT2D eigenvalue weighted by Crippen LogP contribution is -2.36. The molecule has 0 spiro atoms. The molecule has 0 aromatic rings. The van der Waals surface area contributed by atoms with Crippen LogP contribution in [-0.4, -0.2) is 10.9 Å². The van der Waals surface area contributed by atoms with Crippen molar-refractivity contribution in [1.29, 1.82) is 0 Å². The van der Waals surface area contributed by atoms with Crippen LogP contribution in [0.4, 0.5) is 22.0 Å². The first kappa shape index (κ1) is 10.7. The van der Waals surface area contributed by atoms with Gasteiger partial charge < -0.3 is 4.74 Å².